The first-order chi connectivity index (χ1) is 13.1. The number of carbonyl (C=O) groups excluding carboxylic acids is 1. The molecule has 0 aliphatic carbocycles. The Balaban J connectivity index is 1.95. The zero-order chi connectivity index (χ0) is 19.2. The number of ether oxygens (including phenoxy) is 2. The van der Waals surface area contributed by atoms with Gasteiger partial charge in [-0.25, -0.2) is 4.79 Å². The number of aryl methyl sites for hydroxylation is 1. The highest BCUT2D eigenvalue weighted by molar-refractivity contribution is 5.91. The molecule has 0 aliphatic heterocycles. The molecule has 0 radical (unpaired) electrons. The van der Waals surface area contributed by atoms with Gasteiger partial charge in [0, 0.05) is 0 Å². The summed E-state index contributed by atoms with van der Waals surface area (Å²) >= 11 is 0. The molecule has 0 saturated carbocycles. The predicted molar refractivity (Wildman–Crippen MR) is 103 cm³/mol. The molecule has 0 spiro atoms. The molecule has 3 rings (SSSR count). The van der Waals surface area contributed by atoms with Gasteiger partial charge in [-0.05, 0) is 71.6 Å². The van der Waals surface area contributed by atoms with Gasteiger partial charge in [0.1, 0.15) is 12.4 Å². The Morgan fingerprint density at radius 2 is 1.81 bits per heavy atom. The quantitative estimate of drug-likeness (QED) is 0.610. The first kappa shape index (κ1) is 18.2. The van der Waals surface area contributed by atoms with Gasteiger partial charge in [-0.15, -0.1) is 0 Å². The third kappa shape index (κ3) is 4.53. The highest BCUT2D eigenvalue weighted by Gasteiger charge is 2.11. The van der Waals surface area contributed by atoms with Gasteiger partial charge >= 0.3 is 5.97 Å². The average molecular weight is 357 g/mol. The van der Waals surface area contributed by atoms with Crippen molar-refractivity contribution in [3.8, 4) is 22.9 Å². The predicted octanol–water partition coefficient (Wildman–Crippen LogP) is 4.90. The minimum absolute atomic E-state index is 0.319. The summed E-state index contributed by atoms with van der Waals surface area (Å²) in [6, 6.07) is 22.7. The molecule has 0 unspecified atom stereocenters. The minimum atomic E-state index is -0.412. The average Bonchev–Trinajstić information content (AvgIpc) is 2.71. The largest absolute Gasteiger partial charge is 0.489 e. The van der Waals surface area contributed by atoms with Crippen molar-refractivity contribution in [2.24, 2.45) is 0 Å². The van der Waals surface area contributed by atoms with Crippen molar-refractivity contribution in [2.45, 2.75) is 13.5 Å². The Morgan fingerprint density at radius 1 is 1.00 bits per heavy atom. The molecule has 134 valence electrons. The van der Waals surface area contributed by atoms with Crippen LogP contribution in [0.4, 0.5) is 0 Å². The van der Waals surface area contributed by atoms with Crippen LogP contribution in [0, 0.1) is 18.3 Å². The summed E-state index contributed by atoms with van der Waals surface area (Å²) < 4.78 is 10.7. The van der Waals surface area contributed by atoms with Crippen molar-refractivity contribution in [3.05, 3.63) is 89.0 Å². The number of hydrogen-bond acceptors (Lipinski definition) is 4. The Hall–Kier alpha value is -3.58. The Morgan fingerprint density at radius 3 is 2.56 bits per heavy atom. The maximum atomic E-state index is 12.1. The van der Waals surface area contributed by atoms with Crippen LogP contribution in [0.3, 0.4) is 0 Å². The monoisotopic (exact) mass is 357 g/mol. The van der Waals surface area contributed by atoms with Crippen molar-refractivity contribution in [1.82, 2.24) is 0 Å². The molecule has 27 heavy (non-hydrogen) atoms. The number of methoxy groups -OCH3 is 1. The molecule has 0 bridgehead atoms. The van der Waals surface area contributed by atoms with E-state index in [-0.39, 0.29) is 0 Å². The van der Waals surface area contributed by atoms with Crippen molar-refractivity contribution in [2.75, 3.05) is 7.11 Å². The van der Waals surface area contributed by atoms with Crippen molar-refractivity contribution in [1.29, 1.82) is 5.26 Å². The maximum Gasteiger partial charge on any atom is 0.337 e. The fourth-order valence-electron chi connectivity index (χ4n) is 2.82. The zero-order valence-electron chi connectivity index (χ0n) is 15.2. The molecule has 4 heteroatoms. The van der Waals surface area contributed by atoms with Crippen molar-refractivity contribution < 1.29 is 14.3 Å². The molecule has 0 aliphatic rings. The molecule has 3 aromatic rings. The van der Waals surface area contributed by atoms with Gasteiger partial charge < -0.3 is 9.47 Å². The Labute approximate surface area is 158 Å². The van der Waals surface area contributed by atoms with Crippen LogP contribution in [-0.2, 0) is 11.3 Å². The third-order valence-corrected chi connectivity index (χ3v) is 4.13. The van der Waals surface area contributed by atoms with Crippen LogP contribution in [0.25, 0.3) is 11.1 Å². The number of hydrogen-bond donors (Lipinski definition) is 0. The molecular weight excluding hydrogens is 338 g/mol. The topological polar surface area (TPSA) is 59.3 Å². The van der Waals surface area contributed by atoms with Crippen molar-refractivity contribution >= 4 is 5.97 Å². The van der Waals surface area contributed by atoms with Crippen LogP contribution in [0.2, 0.25) is 0 Å². The van der Waals surface area contributed by atoms with E-state index in [1.807, 2.05) is 49.4 Å². The van der Waals surface area contributed by atoms with E-state index in [4.69, 9.17) is 14.7 Å². The van der Waals surface area contributed by atoms with E-state index in [2.05, 4.69) is 6.07 Å². The lowest BCUT2D eigenvalue weighted by Gasteiger charge is -2.11. The van der Waals surface area contributed by atoms with E-state index in [9.17, 15) is 4.79 Å². The SMILES string of the molecule is COC(=O)c1cc(COc2cccc(C)c2)cc(-c2cccc(C#N)c2)c1. The molecule has 0 aromatic heterocycles. The summed E-state index contributed by atoms with van der Waals surface area (Å²) in [6.45, 7) is 2.32. The van der Waals surface area contributed by atoms with E-state index in [1.165, 1.54) is 7.11 Å². The first-order valence-corrected chi connectivity index (χ1v) is 8.51. The van der Waals surface area contributed by atoms with Gasteiger partial charge in [-0.1, -0.05) is 24.3 Å². The second-order valence-corrected chi connectivity index (χ2v) is 6.21. The van der Waals surface area contributed by atoms with E-state index >= 15 is 0 Å². The van der Waals surface area contributed by atoms with Crippen LogP contribution in [0.1, 0.15) is 27.0 Å². The molecule has 0 atom stereocenters. The van der Waals surface area contributed by atoms with Crippen LogP contribution in [-0.4, -0.2) is 13.1 Å². The molecule has 0 saturated heterocycles. The van der Waals surface area contributed by atoms with Gasteiger partial charge in [0.25, 0.3) is 0 Å². The standard InChI is InChI=1S/C23H19NO3/c1-16-5-3-8-22(9-16)27-15-18-11-20(13-21(12-18)23(25)26-2)19-7-4-6-17(10-19)14-24/h3-13H,15H2,1-2H3. The molecule has 3 aromatic carbocycles. The summed E-state index contributed by atoms with van der Waals surface area (Å²) in [5.41, 5.74) is 4.66. The van der Waals surface area contributed by atoms with Crippen LogP contribution in [0.15, 0.2) is 66.7 Å². The summed E-state index contributed by atoms with van der Waals surface area (Å²) in [5.74, 6) is 0.358. The molecule has 0 heterocycles. The van der Waals surface area contributed by atoms with Crippen LogP contribution < -0.4 is 4.74 Å². The zero-order valence-corrected chi connectivity index (χ0v) is 15.2. The smallest absolute Gasteiger partial charge is 0.337 e. The highest BCUT2D eigenvalue weighted by Crippen LogP contribution is 2.25. The molecule has 0 N–H and O–H groups in total. The summed E-state index contributed by atoms with van der Waals surface area (Å²) in [6.07, 6.45) is 0. The lowest BCUT2D eigenvalue weighted by atomic mass is 9.98. The Bertz CT molecular complexity index is 1020. The van der Waals surface area contributed by atoms with E-state index in [1.54, 1.807) is 24.3 Å². The van der Waals surface area contributed by atoms with Crippen LogP contribution >= 0.6 is 0 Å². The van der Waals surface area contributed by atoms with Crippen molar-refractivity contribution in [3.63, 3.8) is 0 Å². The van der Waals surface area contributed by atoms with Gasteiger partial charge in [0.15, 0.2) is 0 Å². The van der Waals surface area contributed by atoms with E-state index < -0.39 is 5.97 Å². The fourth-order valence-corrected chi connectivity index (χ4v) is 2.82. The number of benzene rings is 3. The van der Waals surface area contributed by atoms with Gasteiger partial charge in [-0.2, -0.15) is 5.26 Å². The second-order valence-electron chi connectivity index (χ2n) is 6.21. The number of nitriles is 1. The third-order valence-electron chi connectivity index (χ3n) is 4.13. The minimum Gasteiger partial charge on any atom is -0.489 e. The molecule has 4 nitrogen and oxygen atoms in total. The normalized spacial score (nSPS) is 10.1. The summed E-state index contributed by atoms with van der Waals surface area (Å²) in [4.78, 5) is 12.1. The summed E-state index contributed by atoms with van der Waals surface area (Å²) in [7, 11) is 1.36. The number of carbonyl (C=O) groups is 1. The second kappa shape index (κ2) is 8.20. The molecule has 0 amide bonds. The molecular formula is C23H19NO3. The highest BCUT2D eigenvalue weighted by atomic mass is 16.5. The number of esters is 1. The van der Waals surface area contributed by atoms with E-state index in [0.717, 1.165) is 28.0 Å². The number of nitrogens with zero attached hydrogens (tertiary/aromatic N) is 1. The Kier molecular flexibility index (Phi) is 5.53. The summed E-state index contributed by atoms with van der Waals surface area (Å²) in [5, 5.41) is 9.13. The fraction of sp³-hybridized carbons (Fsp3) is 0.130. The molecule has 0 fully saturated rings. The lowest BCUT2D eigenvalue weighted by Crippen LogP contribution is -2.04. The maximum absolute atomic E-state index is 12.1. The van der Waals surface area contributed by atoms with E-state index in [0.29, 0.717) is 17.7 Å². The van der Waals surface area contributed by atoms with Gasteiger partial charge in [0.2, 0.25) is 0 Å². The van der Waals surface area contributed by atoms with Gasteiger partial charge in [-0.3, -0.25) is 0 Å². The lowest BCUT2D eigenvalue weighted by molar-refractivity contribution is 0.0600. The van der Waals surface area contributed by atoms with Crippen LogP contribution in [0.5, 0.6) is 5.75 Å². The van der Waals surface area contributed by atoms with Gasteiger partial charge in [0.05, 0.1) is 24.3 Å². The number of rotatable bonds is 5. The first-order valence-electron chi connectivity index (χ1n) is 8.51.